The summed E-state index contributed by atoms with van der Waals surface area (Å²) in [5.74, 6) is -0.140. The van der Waals surface area contributed by atoms with Gasteiger partial charge in [0.15, 0.2) is 0 Å². The lowest BCUT2D eigenvalue weighted by Gasteiger charge is -2.12. The minimum atomic E-state index is -0.485. The molecule has 0 aromatic heterocycles. The first kappa shape index (κ1) is 24.5. The van der Waals surface area contributed by atoms with Crippen molar-refractivity contribution in [2.75, 3.05) is 19.6 Å². The van der Waals surface area contributed by atoms with Crippen LogP contribution in [0.15, 0.2) is 0 Å². The molecule has 0 aromatic carbocycles. The van der Waals surface area contributed by atoms with Gasteiger partial charge in [-0.2, -0.15) is 0 Å². The van der Waals surface area contributed by atoms with Gasteiger partial charge in [0.25, 0.3) is 0 Å². The SMILES string of the molecule is CC(=O)[C@@H](N)CCCCNC(=O)CCCCNC(=O)[C@@H](N)CCCCN. The summed E-state index contributed by atoms with van der Waals surface area (Å²) in [5, 5.41) is 5.65. The summed E-state index contributed by atoms with van der Waals surface area (Å²) in [5.41, 5.74) is 16.8. The van der Waals surface area contributed by atoms with Gasteiger partial charge in [-0.05, 0) is 58.4 Å². The summed E-state index contributed by atoms with van der Waals surface area (Å²) in [6.45, 7) is 3.23. The fourth-order valence-corrected chi connectivity index (χ4v) is 2.40. The summed E-state index contributed by atoms with van der Waals surface area (Å²) in [6.07, 6.45) is 6.54. The molecule has 8 heteroatoms. The molecule has 0 rings (SSSR count). The van der Waals surface area contributed by atoms with Gasteiger partial charge in [-0.15, -0.1) is 0 Å². The van der Waals surface area contributed by atoms with E-state index in [-0.39, 0.29) is 17.6 Å². The van der Waals surface area contributed by atoms with E-state index >= 15 is 0 Å². The van der Waals surface area contributed by atoms with Crippen molar-refractivity contribution in [2.24, 2.45) is 17.2 Å². The molecule has 152 valence electrons. The lowest BCUT2D eigenvalue weighted by Crippen LogP contribution is -2.41. The van der Waals surface area contributed by atoms with E-state index in [4.69, 9.17) is 17.2 Å². The van der Waals surface area contributed by atoms with Gasteiger partial charge in [0, 0.05) is 19.5 Å². The highest BCUT2D eigenvalue weighted by Gasteiger charge is 2.12. The van der Waals surface area contributed by atoms with E-state index in [1.807, 2.05) is 0 Å². The van der Waals surface area contributed by atoms with Crippen LogP contribution in [-0.2, 0) is 14.4 Å². The Morgan fingerprint density at radius 1 is 0.808 bits per heavy atom. The normalized spacial score (nSPS) is 13.1. The highest BCUT2D eigenvalue weighted by atomic mass is 16.2. The molecule has 8 nitrogen and oxygen atoms in total. The third-order valence-electron chi connectivity index (χ3n) is 4.22. The topological polar surface area (TPSA) is 153 Å². The average molecular weight is 372 g/mol. The second-order valence-corrected chi connectivity index (χ2v) is 6.70. The van der Waals surface area contributed by atoms with Crippen molar-refractivity contribution >= 4 is 17.6 Å². The van der Waals surface area contributed by atoms with Crippen molar-refractivity contribution in [2.45, 2.75) is 76.8 Å². The number of nitrogens with two attached hydrogens (primary N) is 3. The maximum absolute atomic E-state index is 11.8. The van der Waals surface area contributed by atoms with Gasteiger partial charge < -0.3 is 27.8 Å². The lowest BCUT2D eigenvalue weighted by molar-refractivity contribution is -0.122. The lowest BCUT2D eigenvalue weighted by atomic mass is 10.1. The summed E-state index contributed by atoms with van der Waals surface area (Å²) in [6, 6.07) is -0.879. The summed E-state index contributed by atoms with van der Waals surface area (Å²) >= 11 is 0. The molecule has 8 N–H and O–H groups in total. The van der Waals surface area contributed by atoms with Gasteiger partial charge in [-0.1, -0.05) is 6.42 Å². The van der Waals surface area contributed by atoms with Crippen molar-refractivity contribution in [3.05, 3.63) is 0 Å². The number of carbonyl (C=O) groups excluding carboxylic acids is 3. The van der Waals surface area contributed by atoms with E-state index in [0.29, 0.717) is 45.3 Å². The number of ketones is 1. The molecule has 0 bridgehead atoms. The van der Waals surface area contributed by atoms with E-state index in [1.54, 1.807) is 0 Å². The van der Waals surface area contributed by atoms with Crippen molar-refractivity contribution in [3.8, 4) is 0 Å². The minimum Gasteiger partial charge on any atom is -0.356 e. The first-order valence-corrected chi connectivity index (χ1v) is 9.64. The third-order valence-corrected chi connectivity index (χ3v) is 4.22. The molecule has 26 heavy (non-hydrogen) atoms. The van der Waals surface area contributed by atoms with E-state index in [9.17, 15) is 14.4 Å². The van der Waals surface area contributed by atoms with Gasteiger partial charge in [0.2, 0.25) is 11.8 Å². The monoisotopic (exact) mass is 371 g/mol. The van der Waals surface area contributed by atoms with Crippen LogP contribution in [0.3, 0.4) is 0 Å². The van der Waals surface area contributed by atoms with Crippen molar-refractivity contribution in [3.63, 3.8) is 0 Å². The van der Waals surface area contributed by atoms with Crippen LogP contribution in [0.5, 0.6) is 0 Å². The molecule has 0 unspecified atom stereocenters. The molecule has 0 saturated heterocycles. The molecule has 2 amide bonds. The van der Waals surface area contributed by atoms with Gasteiger partial charge in [-0.3, -0.25) is 14.4 Å². The van der Waals surface area contributed by atoms with Gasteiger partial charge >= 0.3 is 0 Å². The summed E-state index contributed by atoms with van der Waals surface area (Å²) in [4.78, 5) is 34.4. The Hall–Kier alpha value is -1.51. The molecule has 0 heterocycles. The Kier molecular flexibility index (Phi) is 14.8. The van der Waals surface area contributed by atoms with Crippen molar-refractivity contribution in [1.29, 1.82) is 0 Å². The number of nitrogens with one attached hydrogen (secondary N) is 2. The van der Waals surface area contributed by atoms with Crippen LogP contribution in [-0.4, -0.2) is 49.3 Å². The Balaban J connectivity index is 3.53. The fraction of sp³-hybridized carbons (Fsp3) is 0.833. The fourth-order valence-electron chi connectivity index (χ4n) is 2.40. The molecule has 0 aromatic rings. The maximum Gasteiger partial charge on any atom is 0.236 e. The highest BCUT2D eigenvalue weighted by molar-refractivity contribution is 5.81. The quantitative estimate of drug-likeness (QED) is 0.239. The van der Waals surface area contributed by atoms with Crippen LogP contribution < -0.4 is 27.8 Å². The van der Waals surface area contributed by atoms with Crippen molar-refractivity contribution < 1.29 is 14.4 Å². The van der Waals surface area contributed by atoms with E-state index in [0.717, 1.165) is 32.1 Å². The van der Waals surface area contributed by atoms with E-state index < -0.39 is 12.1 Å². The molecule has 0 aliphatic rings. The molecule has 0 aliphatic carbocycles. The van der Waals surface area contributed by atoms with Crippen LogP contribution >= 0.6 is 0 Å². The Bertz CT molecular complexity index is 418. The predicted molar refractivity (Wildman–Crippen MR) is 103 cm³/mol. The Morgan fingerprint density at radius 2 is 1.38 bits per heavy atom. The standard InChI is InChI=1S/C18H37N5O3/c1-14(24)15(20)8-3-6-12-22-17(25)10-4-7-13-23-18(26)16(21)9-2-5-11-19/h15-16H,2-13,19-21H2,1H3,(H,22,25)(H,23,26)/t15-,16-/m0/s1. The van der Waals surface area contributed by atoms with E-state index in [1.165, 1.54) is 6.92 Å². The molecule has 2 atom stereocenters. The second kappa shape index (κ2) is 15.7. The zero-order chi connectivity index (χ0) is 19.8. The third kappa shape index (κ3) is 13.7. The van der Waals surface area contributed by atoms with Gasteiger partial charge in [0.05, 0.1) is 12.1 Å². The number of hydrogen-bond donors (Lipinski definition) is 5. The smallest absolute Gasteiger partial charge is 0.236 e. The maximum atomic E-state index is 11.8. The molecular weight excluding hydrogens is 334 g/mol. The van der Waals surface area contributed by atoms with Crippen LogP contribution in [0.1, 0.15) is 64.7 Å². The highest BCUT2D eigenvalue weighted by Crippen LogP contribution is 2.01. The number of Topliss-reactive ketones (excluding diaryl/α,β-unsaturated/α-hetero) is 1. The summed E-state index contributed by atoms with van der Waals surface area (Å²) < 4.78 is 0. The van der Waals surface area contributed by atoms with Gasteiger partial charge in [-0.25, -0.2) is 0 Å². The Morgan fingerprint density at radius 3 is 2.04 bits per heavy atom. The van der Waals surface area contributed by atoms with Crippen LogP contribution in [0.4, 0.5) is 0 Å². The van der Waals surface area contributed by atoms with Gasteiger partial charge in [0.1, 0.15) is 5.78 Å². The van der Waals surface area contributed by atoms with Crippen LogP contribution in [0.25, 0.3) is 0 Å². The number of unbranched alkanes of at least 4 members (excludes halogenated alkanes) is 3. The number of rotatable bonds is 16. The molecule has 0 spiro atoms. The molecule has 0 fully saturated rings. The zero-order valence-corrected chi connectivity index (χ0v) is 16.1. The number of carbonyl (C=O) groups is 3. The van der Waals surface area contributed by atoms with Crippen LogP contribution in [0.2, 0.25) is 0 Å². The molecular formula is C18H37N5O3. The summed E-state index contributed by atoms with van der Waals surface area (Å²) in [7, 11) is 0. The molecule has 0 aliphatic heterocycles. The number of hydrogen-bond acceptors (Lipinski definition) is 6. The predicted octanol–water partition coefficient (Wildman–Crippen LogP) is -0.0680. The largest absolute Gasteiger partial charge is 0.356 e. The second-order valence-electron chi connectivity index (χ2n) is 6.70. The zero-order valence-electron chi connectivity index (χ0n) is 16.1. The minimum absolute atomic E-state index is 0.00218. The first-order valence-electron chi connectivity index (χ1n) is 9.64. The Labute approximate surface area is 157 Å². The molecule has 0 saturated carbocycles. The molecule has 0 radical (unpaired) electrons. The average Bonchev–Trinajstić information content (AvgIpc) is 2.60. The first-order chi connectivity index (χ1) is 12.4. The van der Waals surface area contributed by atoms with Crippen molar-refractivity contribution in [1.82, 2.24) is 10.6 Å². The van der Waals surface area contributed by atoms with E-state index in [2.05, 4.69) is 10.6 Å². The number of amides is 2. The van der Waals surface area contributed by atoms with Crippen LogP contribution in [0, 0.1) is 0 Å².